The number of rotatable bonds is 4. The number of fused-ring (bicyclic) bond motifs is 1. The third-order valence-electron chi connectivity index (χ3n) is 4.03. The van der Waals surface area contributed by atoms with Crippen LogP contribution in [0.4, 0.5) is 14.5 Å². The minimum atomic E-state index is -0.629. The fourth-order valence-electron chi connectivity index (χ4n) is 2.72. The Balaban J connectivity index is 2.05. The number of ether oxygens (including phenoxy) is 2. The van der Waals surface area contributed by atoms with Gasteiger partial charge in [-0.15, -0.1) is 3.89 Å². The Morgan fingerprint density at radius 1 is 1.31 bits per heavy atom. The van der Waals surface area contributed by atoms with Gasteiger partial charge in [0.15, 0.2) is 18.0 Å². The number of amides is 1. The summed E-state index contributed by atoms with van der Waals surface area (Å²) >= 11 is 5.97. The molecule has 0 saturated heterocycles. The summed E-state index contributed by atoms with van der Waals surface area (Å²) in [6, 6.07) is 5.01. The van der Waals surface area contributed by atoms with Crippen molar-refractivity contribution in [1.29, 1.82) is 0 Å². The largest absolute Gasteiger partial charge is 0.496 e. The SMILES string of the molecule is COc1cc(N(C)C(=O)OC(C)(C)C)ncc1-c1cn(SF)c2nc(Cl)ccc12. The molecule has 0 saturated carbocycles. The van der Waals surface area contributed by atoms with Crippen molar-refractivity contribution in [2.24, 2.45) is 0 Å². The topological polar surface area (TPSA) is 69.5 Å². The van der Waals surface area contributed by atoms with Crippen molar-refractivity contribution in [2.75, 3.05) is 19.1 Å². The molecule has 3 heterocycles. The number of hydrogen-bond donors (Lipinski definition) is 0. The van der Waals surface area contributed by atoms with Gasteiger partial charge in [0.2, 0.25) is 0 Å². The van der Waals surface area contributed by atoms with Crippen LogP contribution in [0.1, 0.15) is 20.8 Å². The molecule has 0 fully saturated rings. The highest BCUT2D eigenvalue weighted by atomic mass is 35.5. The maximum atomic E-state index is 13.4. The van der Waals surface area contributed by atoms with Gasteiger partial charge in [-0.25, -0.2) is 18.7 Å². The number of carbonyl (C=O) groups excluding carboxylic acids is 1. The molecule has 0 aliphatic carbocycles. The highest BCUT2D eigenvalue weighted by Gasteiger charge is 2.23. The molecule has 10 heteroatoms. The molecule has 0 N–H and O–H groups in total. The van der Waals surface area contributed by atoms with Crippen LogP contribution in [0.5, 0.6) is 5.75 Å². The van der Waals surface area contributed by atoms with Crippen LogP contribution in [0.3, 0.4) is 0 Å². The first kappa shape index (κ1) is 21.2. The normalized spacial score (nSPS) is 11.6. The summed E-state index contributed by atoms with van der Waals surface area (Å²) in [5.41, 5.74) is 1.05. The molecule has 7 nitrogen and oxygen atoms in total. The van der Waals surface area contributed by atoms with E-state index in [-0.39, 0.29) is 17.5 Å². The van der Waals surface area contributed by atoms with Gasteiger partial charge < -0.3 is 9.47 Å². The molecule has 0 bridgehead atoms. The number of halogens is 2. The van der Waals surface area contributed by atoms with Gasteiger partial charge in [-0.2, -0.15) is 0 Å². The molecule has 0 atom stereocenters. The molecule has 3 aromatic rings. The average Bonchev–Trinajstić information content (AvgIpc) is 3.03. The van der Waals surface area contributed by atoms with Crippen molar-refractivity contribution >= 4 is 46.9 Å². The van der Waals surface area contributed by atoms with E-state index in [2.05, 4.69) is 9.97 Å². The molecule has 3 aromatic heterocycles. The number of methoxy groups -OCH3 is 1. The summed E-state index contributed by atoms with van der Waals surface area (Å²) in [7, 11) is 3.07. The quantitative estimate of drug-likeness (QED) is 0.500. The Morgan fingerprint density at radius 3 is 2.66 bits per heavy atom. The predicted octanol–water partition coefficient (Wildman–Crippen LogP) is 5.51. The van der Waals surface area contributed by atoms with Crippen molar-refractivity contribution in [1.82, 2.24) is 13.9 Å². The fraction of sp³-hybridized carbons (Fsp3) is 0.316. The maximum absolute atomic E-state index is 13.4. The van der Waals surface area contributed by atoms with E-state index in [0.29, 0.717) is 33.7 Å². The second kappa shape index (κ2) is 8.08. The Morgan fingerprint density at radius 2 is 2.03 bits per heavy atom. The monoisotopic (exact) mass is 438 g/mol. The Labute approximate surface area is 177 Å². The van der Waals surface area contributed by atoms with Crippen LogP contribution in [0.2, 0.25) is 5.15 Å². The van der Waals surface area contributed by atoms with Crippen molar-refractivity contribution in [3.63, 3.8) is 0 Å². The zero-order valence-corrected chi connectivity index (χ0v) is 18.1. The molecule has 0 radical (unpaired) electrons. The van der Waals surface area contributed by atoms with E-state index in [1.807, 2.05) is 0 Å². The van der Waals surface area contributed by atoms with E-state index >= 15 is 0 Å². The van der Waals surface area contributed by atoms with Crippen molar-refractivity contribution in [3.8, 4) is 16.9 Å². The van der Waals surface area contributed by atoms with Gasteiger partial charge in [0.25, 0.3) is 0 Å². The summed E-state index contributed by atoms with van der Waals surface area (Å²) in [6.07, 6.45) is 2.62. The number of carbonyl (C=O) groups is 1. The standard InChI is InChI=1S/C19H20ClFN4O3S/c1-19(2,3)28-18(26)24(4)16-8-14(27-5)12(9-22-16)13-10-25(29-21)17-11(13)6-7-15(20)23-17/h6-10H,1-5H3. The summed E-state index contributed by atoms with van der Waals surface area (Å²) < 4.78 is 25.5. The number of nitrogens with zero attached hydrogens (tertiary/aromatic N) is 4. The fourth-order valence-corrected chi connectivity index (χ4v) is 3.22. The van der Waals surface area contributed by atoms with Crippen LogP contribution in [0.15, 0.2) is 30.6 Å². The molecule has 1 amide bonds. The maximum Gasteiger partial charge on any atom is 0.415 e. The highest BCUT2D eigenvalue weighted by molar-refractivity contribution is 7.92. The van der Waals surface area contributed by atoms with Crippen LogP contribution >= 0.6 is 23.9 Å². The first-order chi connectivity index (χ1) is 13.6. The van der Waals surface area contributed by atoms with Gasteiger partial charge in [0, 0.05) is 42.0 Å². The average molecular weight is 439 g/mol. The molecule has 29 heavy (non-hydrogen) atoms. The van der Waals surface area contributed by atoms with Crippen LogP contribution in [0, 0.1) is 0 Å². The molecule has 0 aliphatic heterocycles. The first-order valence-corrected chi connectivity index (χ1v) is 9.67. The van der Waals surface area contributed by atoms with Gasteiger partial charge in [0.1, 0.15) is 22.3 Å². The molecule has 0 unspecified atom stereocenters. The predicted molar refractivity (Wildman–Crippen MR) is 113 cm³/mol. The smallest absolute Gasteiger partial charge is 0.415 e. The number of pyridine rings is 2. The lowest BCUT2D eigenvalue weighted by Crippen LogP contribution is -2.34. The second-order valence-electron chi connectivity index (χ2n) is 7.22. The molecule has 0 aromatic carbocycles. The zero-order chi connectivity index (χ0) is 21.3. The third kappa shape index (κ3) is 4.40. The van der Waals surface area contributed by atoms with Crippen molar-refractivity contribution in [3.05, 3.63) is 35.7 Å². The van der Waals surface area contributed by atoms with Gasteiger partial charge in [-0.3, -0.25) is 4.90 Å². The van der Waals surface area contributed by atoms with Gasteiger partial charge in [-0.1, -0.05) is 11.6 Å². The third-order valence-corrected chi connectivity index (χ3v) is 4.67. The molecule has 0 aliphatic rings. The minimum Gasteiger partial charge on any atom is -0.496 e. The van der Waals surface area contributed by atoms with E-state index < -0.39 is 11.7 Å². The molecular formula is C19H20ClFN4O3S. The summed E-state index contributed by atoms with van der Waals surface area (Å²) in [5.74, 6) is 0.813. The van der Waals surface area contributed by atoms with Gasteiger partial charge in [-0.05, 0) is 32.9 Å². The van der Waals surface area contributed by atoms with Gasteiger partial charge >= 0.3 is 6.09 Å². The van der Waals surface area contributed by atoms with E-state index in [9.17, 15) is 8.68 Å². The summed E-state index contributed by atoms with van der Waals surface area (Å²) in [6.45, 7) is 5.36. The van der Waals surface area contributed by atoms with E-state index in [0.717, 1.165) is 0 Å². The lowest BCUT2D eigenvalue weighted by Gasteiger charge is -2.24. The van der Waals surface area contributed by atoms with E-state index in [4.69, 9.17) is 21.1 Å². The summed E-state index contributed by atoms with van der Waals surface area (Å²) in [4.78, 5) is 22.2. The number of aromatic nitrogens is 3. The minimum absolute atomic E-state index is 0.0180. The summed E-state index contributed by atoms with van der Waals surface area (Å²) in [5, 5.41) is 0.949. The molecule has 0 spiro atoms. The molecule has 3 rings (SSSR count). The van der Waals surface area contributed by atoms with Crippen LogP contribution in [0.25, 0.3) is 22.2 Å². The van der Waals surface area contributed by atoms with E-state index in [1.165, 1.54) is 16.0 Å². The Kier molecular flexibility index (Phi) is 5.90. The Hall–Kier alpha value is -2.52. The van der Waals surface area contributed by atoms with E-state index in [1.54, 1.807) is 58.4 Å². The number of anilines is 1. The zero-order valence-electron chi connectivity index (χ0n) is 16.6. The first-order valence-electron chi connectivity index (χ1n) is 8.62. The van der Waals surface area contributed by atoms with Crippen molar-refractivity contribution in [2.45, 2.75) is 26.4 Å². The van der Waals surface area contributed by atoms with Crippen LogP contribution in [-0.4, -0.2) is 39.8 Å². The lowest BCUT2D eigenvalue weighted by molar-refractivity contribution is 0.0588. The number of hydrogen-bond acceptors (Lipinski definition) is 6. The molecular weight excluding hydrogens is 419 g/mol. The van der Waals surface area contributed by atoms with Crippen LogP contribution in [-0.2, 0) is 4.74 Å². The second-order valence-corrected chi connectivity index (χ2v) is 8.14. The van der Waals surface area contributed by atoms with Crippen molar-refractivity contribution < 1.29 is 18.2 Å². The highest BCUT2D eigenvalue weighted by Crippen LogP contribution is 2.38. The Bertz CT molecular complexity index is 1070. The van der Waals surface area contributed by atoms with Gasteiger partial charge in [0.05, 0.1) is 7.11 Å². The molecule has 154 valence electrons. The lowest BCUT2D eigenvalue weighted by atomic mass is 10.1. The van der Waals surface area contributed by atoms with Crippen LogP contribution < -0.4 is 9.64 Å².